The van der Waals surface area contributed by atoms with Crippen molar-refractivity contribution in [3.8, 4) is 5.75 Å². The molecule has 0 aliphatic carbocycles. The van der Waals surface area contributed by atoms with Crippen molar-refractivity contribution < 1.29 is 45.3 Å². The van der Waals surface area contributed by atoms with E-state index in [2.05, 4.69) is 0 Å². The zero-order valence-electron chi connectivity index (χ0n) is 16.3. The second-order valence-corrected chi connectivity index (χ2v) is 6.83. The maximum Gasteiger partial charge on any atom is 0.416 e. The van der Waals surface area contributed by atoms with Crippen molar-refractivity contribution >= 4 is 0 Å². The van der Waals surface area contributed by atoms with Gasteiger partial charge in [-0.1, -0.05) is 6.07 Å². The molecule has 172 valence electrons. The lowest BCUT2D eigenvalue weighted by Crippen LogP contribution is -2.34. The lowest BCUT2D eigenvalue weighted by atomic mass is 9.91. The van der Waals surface area contributed by atoms with Crippen LogP contribution < -0.4 is 10.5 Å². The molecule has 11 heteroatoms. The second-order valence-electron chi connectivity index (χ2n) is 6.83. The van der Waals surface area contributed by atoms with Crippen LogP contribution in [0.4, 0.5) is 30.7 Å². The third-order valence-electron chi connectivity index (χ3n) is 4.50. The molecule has 1 unspecified atom stereocenters. The molecule has 0 spiro atoms. The van der Waals surface area contributed by atoms with E-state index in [0.717, 1.165) is 6.07 Å². The topological polar surface area (TPSA) is 64.7 Å². The minimum atomic E-state index is -4.99. The van der Waals surface area contributed by atoms with Gasteiger partial charge in [-0.3, -0.25) is 0 Å². The van der Waals surface area contributed by atoms with Crippen LogP contribution in [0.3, 0.4) is 0 Å². The quantitative estimate of drug-likeness (QED) is 0.570. The molecule has 2 rings (SSSR count). The Balaban J connectivity index is 2.25. The van der Waals surface area contributed by atoms with E-state index in [0.29, 0.717) is 12.1 Å². The Morgan fingerprint density at radius 3 is 1.94 bits per heavy atom. The average Bonchev–Trinajstić information content (AvgIpc) is 2.66. The van der Waals surface area contributed by atoms with Gasteiger partial charge in [0.25, 0.3) is 0 Å². The van der Waals surface area contributed by atoms with E-state index in [1.54, 1.807) is 0 Å². The zero-order valence-corrected chi connectivity index (χ0v) is 16.3. The summed E-state index contributed by atoms with van der Waals surface area (Å²) in [4.78, 5) is 0. The van der Waals surface area contributed by atoms with Gasteiger partial charge in [0.05, 0.1) is 31.5 Å². The molecule has 2 aromatic carbocycles. The summed E-state index contributed by atoms with van der Waals surface area (Å²) >= 11 is 0. The molecule has 2 aromatic rings. The van der Waals surface area contributed by atoms with Crippen molar-refractivity contribution in [2.75, 3.05) is 20.3 Å². The molecule has 0 radical (unpaired) electrons. The van der Waals surface area contributed by atoms with Gasteiger partial charge >= 0.3 is 12.4 Å². The number of halogens is 7. The van der Waals surface area contributed by atoms with Crippen LogP contribution in [0.15, 0.2) is 36.4 Å². The van der Waals surface area contributed by atoms with Crippen LogP contribution >= 0.6 is 0 Å². The number of rotatable bonds is 8. The van der Waals surface area contributed by atoms with Gasteiger partial charge in [-0.25, -0.2) is 4.39 Å². The van der Waals surface area contributed by atoms with E-state index < -0.39 is 53.7 Å². The largest absolute Gasteiger partial charge is 0.494 e. The van der Waals surface area contributed by atoms with E-state index in [1.807, 2.05) is 0 Å². The number of alkyl halides is 6. The summed E-state index contributed by atoms with van der Waals surface area (Å²) < 4.78 is 102. The van der Waals surface area contributed by atoms with Gasteiger partial charge in [-0.2, -0.15) is 26.3 Å². The van der Waals surface area contributed by atoms with E-state index in [4.69, 9.17) is 15.2 Å². The molecule has 0 saturated carbocycles. The monoisotopic (exact) mass is 455 g/mol. The SMILES string of the molecule is COc1ccc(C(O)(CCN)COCc2cc(C(F)(F)F)cc(C(F)(F)F)c2)cc1F. The van der Waals surface area contributed by atoms with Gasteiger partial charge < -0.3 is 20.3 Å². The van der Waals surface area contributed by atoms with Crippen molar-refractivity contribution in [3.63, 3.8) is 0 Å². The van der Waals surface area contributed by atoms with E-state index in [1.165, 1.54) is 19.2 Å². The van der Waals surface area contributed by atoms with Crippen molar-refractivity contribution in [1.82, 2.24) is 0 Å². The lowest BCUT2D eigenvalue weighted by Gasteiger charge is -2.28. The van der Waals surface area contributed by atoms with Crippen molar-refractivity contribution in [2.24, 2.45) is 5.73 Å². The first-order chi connectivity index (χ1) is 14.3. The van der Waals surface area contributed by atoms with Crippen LogP contribution in [0, 0.1) is 5.82 Å². The van der Waals surface area contributed by atoms with E-state index in [-0.39, 0.29) is 30.3 Å². The summed E-state index contributed by atoms with van der Waals surface area (Å²) in [6.07, 6.45) is -10.1. The molecular weight excluding hydrogens is 435 g/mol. The number of hydrogen-bond acceptors (Lipinski definition) is 4. The third kappa shape index (κ3) is 6.31. The highest BCUT2D eigenvalue weighted by Crippen LogP contribution is 2.37. The minimum Gasteiger partial charge on any atom is -0.494 e. The standard InChI is InChI=1S/C20H20F7NO3/c1-30-17-3-2-13(9-16(17)21)18(29,4-5-28)11-31-10-12-6-14(19(22,23)24)8-15(7-12)20(25,26)27/h2-3,6-9,29H,4-5,10-11,28H2,1H3. The van der Waals surface area contributed by atoms with E-state index >= 15 is 0 Å². The predicted octanol–water partition coefficient (Wildman–Crippen LogP) is 4.63. The number of aliphatic hydroxyl groups is 1. The fourth-order valence-corrected chi connectivity index (χ4v) is 2.93. The molecule has 4 nitrogen and oxygen atoms in total. The summed E-state index contributed by atoms with van der Waals surface area (Å²) in [6, 6.07) is 4.67. The zero-order chi connectivity index (χ0) is 23.4. The van der Waals surface area contributed by atoms with Crippen molar-refractivity contribution in [1.29, 1.82) is 0 Å². The maximum absolute atomic E-state index is 14.0. The highest BCUT2D eigenvalue weighted by molar-refractivity contribution is 5.34. The Morgan fingerprint density at radius 1 is 0.903 bits per heavy atom. The number of nitrogens with two attached hydrogens (primary N) is 1. The van der Waals surface area contributed by atoms with Gasteiger partial charge in [-0.15, -0.1) is 0 Å². The fourth-order valence-electron chi connectivity index (χ4n) is 2.93. The maximum atomic E-state index is 14.0. The molecule has 1 atom stereocenters. The van der Waals surface area contributed by atoms with Gasteiger partial charge in [-0.05, 0) is 54.4 Å². The normalized spacial score (nSPS) is 14.4. The van der Waals surface area contributed by atoms with Crippen LogP contribution in [-0.2, 0) is 29.3 Å². The summed E-state index contributed by atoms with van der Waals surface area (Å²) in [7, 11) is 1.25. The molecule has 0 aliphatic heterocycles. The Bertz CT molecular complexity index is 867. The number of ether oxygens (including phenoxy) is 2. The highest BCUT2D eigenvalue weighted by Gasteiger charge is 2.37. The lowest BCUT2D eigenvalue weighted by molar-refractivity contribution is -0.143. The van der Waals surface area contributed by atoms with Crippen molar-refractivity contribution in [3.05, 3.63) is 64.5 Å². The van der Waals surface area contributed by atoms with Crippen LogP contribution in [-0.4, -0.2) is 25.4 Å². The van der Waals surface area contributed by atoms with Crippen LogP contribution in [0.5, 0.6) is 5.75 Å². The molecule has 31 heavy (non-hydrogen) atoms. The first-order valence-corrected chi connectivity index (χ1v) is 8.93. The summed E-state index contributed by atoms with van der Waals surface area (Å²) in [5.41, 5.74) is 0.380. The molecular formula is C20H20F7NO3. The van der Waals surface area contributed by atoms with E-state index in [9.17, 15) is 35.8 Å². The Hall–Kier alpha value is -2.37. The molecule has 0 saturated heterocycles. The fraction of sp³-hybridized carbons (Fsp3) is 0.400. The first-order valence-electron chi connectivity index (χ1n) is 8.93. The Kier molecular flexibility index (Phi) is 7.56. The second kappa shape index (κ2) is 9.41. The third-order valence-corrected chi connectivity index (χ3v) is 4.50. The molecule has 3 N–H and O–H groups in total. The van der Waals surface area contributed by atoms with Gasteiger partial charge in [0, 0.05) is 0 Å². The minimum absolute atomic E-state index is 0.00833. The molecule has 0 fully saturated rings. The average molecular weight is 455 g/mol. The van der Waals surface area contributed by atoms with Gasteiger partial charge in [0.1, 0.15) is 5.60 Å². The highest BCUT2D eigenvalue weighted by atomic mass is 19.4. The summed E-state index contributed by atoms with van der Waals surface area (Å²) in [5, 5.41) is 10.8. The molecule has 0 heterocycles. The smallest absolute Gasteiger partial charge is 0.416 e. The number of hydrogen-bond donors (Lipinski definition) is 2. The molecule has 0 bridgehead atoms. The van der Waals surface area contributed by atoms with Crippen LogP contribution in [0.2, 0.25) is 0 Å². The number of benzene rings is 2. The summed E-state index contributed by atoms with van der Waals surface area (Å²) in [5.74, 6) is -0.855. The number of methoxy groups -OCH3 is 1. The Morgan fingerprint density at radius 2 is 1.48 bits per heavy atom. The van der Waals surface area contributed by atoms with Crippen LogP contribution in [0.25, 0.3) is 0 Å². The van der Waals surface area contributed by atoms with Crippen LogP contribution in [0.1, 0.15) is 28.7 Å². The Labute approximate surface area is 173 Å². The molecule has 0 amide bonds. The van der Waals surface area contributed by atoms with Gasteiger partial charge in [0.2, 0.25) is 0 Å². The predicted molar refractivity (Wildman–Crippen MR) is 96.6 cm³/mol. The van der Waals surface area contributed by atoms with Gasteiger partial charge in [0.15, 0.2) is 11.6 Å². The molecule has 0 aromatic heterocycles. The van der Waals surface area contributed by atoms with Crippen molar-refractivity contribution in [2.45, 2.75) is 31.0 Å². The first kappa shape index (κ1) is 24.9. The summed E-state index contributed by atoms with van der Waals surface area (Å²) in [6.45, 7) is -1.25. The molecule has 0 aliphatic rings.